The van der Waals surface area contributed by atoms with E-state index in [1.807, 2.05) is 24.1 Å². The van der Waals surface area contributed by atoms with E-state index in [2.05, 4.69) is 4.99 Å². The average Bonchev–Trinajstić information content (AvgIpc) is 2.30. The van der Waals surface area contributed by atoms with Crippen molar-refractivity contribution in [3.05, 3.63) is 35.0 Å². The molecule has 1 rings (SSSR count). The van der Waals surface area contributed by atoms with Crippen LogP contribution in [0.15, 0.2) is 40.0 Å². The van der Waals surface area contributed by atoms with Crippen LogP contribution in [0.1, 0.15) is 0 Å². The van der Waals surface area contributed by atoms with Crippen LogP contribution in [-0.2, 0) is 0 Å². The summed E-state index contributed by atoms with van der Waals surface area (Å²) in [6.45, 7) is 0. The van der Waals surface area contributed by atoms with Gasteiger partial charge < -0.3 is 9.64 Å². The van der Waals surface area contributed by atoms with Crippen LogP contribution in [-0.4, -0.2) is 20.4 Å². The third kappa shape index (κ3) is 3.76. The molecule has 1 aromatic carbocycles. The van der Waals surface area contributed by atoms with Gasteiger partial charge in [-0.3, -0.25) is 4.99 Å². The summed E-state index contributed by atoms with van der Waals surface area (Å²) in [6, 6.07) is 7.40. The van der Waals surface area contributed by atoms with Crippen molar-refractivity contribution in [2.75, 3.05) is 19.0 Å². The highest BCUT2D eigenvalue weighted by Gasteiger charge is 2.00. The van der Waals surface area contributed by atoms with Crippen molar-refractivity contribution in [1.29, 1.82) is 0 Å². The molecule has 0 radical (unpaired) electrons. The Morgan fingerprint density at radius 1 is 1.38 bits per heavy atom. The van der Waals surface area contributed by atoms with Crippen molar-refractivity contribution in [3.8, 4) is 5.75 Å². The van der Waals surface area contributed by atoms with Gasteiger partial charge in [-0.15, -0.1) is 0 Å². The van der Waals surface area contributed by atoms with E-state index in [0.717, 1.165) is 5.69 Å². The first-order valence-electron chi connectivity index (χ1n) is 4.56. The van der Waals surface area contributed by atoms with Crippen LogP contribution >= 0.6 is 23.2 Å². The van der Waals surface area contributed by atoms with Gasteiger partial charge in [-0.25, -0.2) is 0 Å². The van der Waals surface area contributed by atoms with E-state index in [1.165, 1.54) is 5.54 Å². The zero-order valence-corrected chi connectivity index (χ0v) is 10.5. The van der Waals surface area contributed by atoms with Gasteiger partial charge >= 0.3 is 0 Å². The van der Waals surface area contributed by atoms with Crippen LogP contribution < -0.4 is 9.64 Å². The Morgan fingerprint density at radius 2 is 2.00 bits per heavy atom. The minimum absolute atomic E-state index is 0.137. The smallest absolute Gasteiger partial charge is 0.205 e. The largest absolute Gasteiger partial charge is 0.444 e. The molecule has 86 valence electrons. The molecule has 0 N–H and O–H groups in total. The molecule has 0 fully saturated rings. The van der Waals surface area contributed by atoms with Gasteiger partial charge in [0.1, 0.15) is 5.75 Å². The summed E-state index contributed by atoms with van der Waals surface area (Å²) in [7, 11) is 3.63. The number of halogens is 2. The molecule has 0 amide bonds. The first kappa shape index (κ1) is 12.9. The summed E-state index contributed by atoms with van der Waals surface area (Å²) in [6.07, 6.45) is 1.72. The van der Waals surface area contributed by atoms with Crippen LogP contribution in [0.25, 0.3) is 0 Å². The monoisotopic (exact) mass is 258 g/mol. The number of aliphatic imine (C=N–C) groups is 1. The first-order valence-corrected chi connectivity index (χ1v) is 5.37. The summed E-state index contributed by atoms with van der Waals surface area (Å²) in [5.41, 5.74) is 2.18. The Morgan fingerprint density at radius 3 is 2.50 bits per heavy atom. The maximum Gasteiger partial charge on any atom is 0.205 e. The molecule has 0 bridgehead atoms. The first-order chi connectivity index (χ1) is 7.67. The van der Waals surface area contributed by atoms with Crippen LogP contribution in [0.4, 0.5) is 5.69 Å². The van der Waals surface area contributed by atoms with E-state index in [9.17, 15) is 0 Å². The normalized spacial score (nSPS) is 11.9. The fraction of sp³-hybridized carbons (Fsp3) is 0.182. The molecule has 16 heavy (non-hydrogen) atoms. The summed E-state index contributed by atoms with van der Waals surface area (Å²) in [4.78, 5) is 5.81. The van der Waals surface area contributed by atoms with Crippen LogP contribution in [0.3, 0.4) is 0 Å². The third-order valence-electron chi connectivity index (χ3n) is 1.83. The minimum atomic E-state index is 0.137. The van der Waals surface area contributed by atoms with Gasteiger partial charge in [-0.1, -0.05) is 11.6 Å². The molecule has 0 aliphatic rings. The van der Waals surface area contributed by atoms with Crippen LogP contribution in [0, 0.1) is 0 Å². The van der Waals surface area contributed by atoms with Gasteiger partial charge in [0.05, 0.1) is 11.9 Å². The van der Waals surface area contributed by atoms with Gasteiger partial charge in [0.15, 0.2) is 0 Å². The predicted molar refractivity (Wildman–Crippen MR) is 69.7 cm³/mol. The van der Waals surface area contributed by atoms with E-state index < -0.39 is 0 Å². The molecule has 5 heteroatoms. The van der Waals surface area contributed by atoms with Crippen molar-refractivity contribution in [3.63, 3.8) is 0 Å². The van der Waals surface area contributed by atoms with Crippen molar-refractivity contribution >= 4 is 35.2 Å². The Labute approximate surface area is 105 Å². The molecule has 0 aliphatic heterocycles. The molecule has 0 saturated heterocycles. The van der Waals surface area contributed by atoms with Crippen molar-refractivity contribution in [2.24, 2.45) is 4.99 Å². The minimum Gasteiger partial charge on any atom is -0.444 e. The molecular weight excluding hydrogens is 247 g/mol. The molecule has 0 spiro atoms. The van der Waals surface area contributed by atoms with Crippen molar-refractivity contribution in [1.82, 2.24) is 0 Å². The highest BCUT2D eigenvalue weighted by Crippen LogP contribution is 2.20. The fourth-order valence-electron chi connectivity index (χ4n) is 1.12. The highest BCUT2D eigenvalue weighted by molar-refractivity contribution is 6.35. The van der Waals surface area contributed by atoms with Crippen LogP contribution in [0.2, 0.25) is 0 Å². The maximum absolute atomic E-state index is 5.63. The second-order valence-electron chi connectivity index (χ2n) is 2.99. The van der Waals surface area contributed by atoms with E-state index >= 15 is 0 Å². The number of ether oxygens (including phenoxy) is 1. The molecule has 0 atom stereocenters. The second kappa shape index (κ2) is 6.40. The van der Waals surface area contributed by atoms with Gasteiger partial charge in [-0.05, 0) is 35.9 Å². The van der Waals surface area contributed by atoms with E-state index in [-0.39, 0.29) is 5.22 Å². The molecule has 0 unspecified atom stereocenters. The number of hydrogen-bond donors (Lipinski definition) is 0. The summed E-state index contributed by atoms with van der Waals surface area (Å²) >= 11 is 11.0. The standard InChI is InChI=1S/C11H12Cl2N2O/c1-14-8-15(2)9-3-5-10(6-4-9)16-11(13)7-12/h3-8H,1-2H3. The average molecular weight is 259 g/mol. The fourth-order valence-corrected chi connectivity index (χ4v) is 1.26. The lowest BCUT2D eigenvalue weighted by Gasteiger charge is -2.13. The van der Waals surface area contributed by atoms with E-state index in [1.54, 1.807) is 25.5 Å². The highest BCUT2D eigenvalue weighted by atomic mass is 35.5. The maximum atomic E-state index is 5.63. The molecule has 0 aliphatic carbocycles. The molecule has 3 nitrogen and oxygen atoms in total. The summed E-state index contributed by atoms with van der Waals surface area (Å²) in [5.74, 6) is 0.632. The SMILES string of the molecule is CN=CN(C)c1ccc(OC(Cl)=CCl)cc1. The van der Waals surface area contributed by atoms with Gasteiger partial charge in [0, 0.05) is 19.8 Å². The molecular formula is C11H12Cl2N2O. The Kier molecular flexibility index (Phi) is 5.15. The summed E-state index contributed by atoms with van der Waals surface area (Å²) in [5, 5.41) is 0.137. The molecule has 0 heterocycles. The van der Waals surface area contributed by atoms with E-state index in [4.69, 9.17) is 27.9 Å². The molecule has 1 aromatic rings. The third-order valence-corrected chi connectivity index (χ3v) is 2.33. The summed E-state index contributed by atoms with van der Waals surface area (Å²) < 4.78 is 5.20. The lowest BCUT2D eigenvalue weighted by atomic mass is 10.3. The Balaban J connectivity index is 2.75. The number of hydrogen-bond acceptors (Lipinski definition) is 2. The van der Waals surface area contributed by atoms with Crippen molar-refractivity contribution < 1.29 is 4.74 Å². The topological polar surface area (TPSA) is 24.8 Å². The lowest BCUT2D eigenvalue weighted by Crippen LogP contribution is -2.13. The van der Waals surface area contributed by atoms with Gasteiger partial charge in [0.25, 0.3) is 0 Å². The van der Waals surface area contributed by atoms with Gasteiger partial charge in [0.2, 0.25) is 5.22 Å². The second-order valence-corrected chi connectivity index (χ2v) is 3.58. The van der Waals surface area contributed by atoms with Crippen molar-refractivity contribution in [2.45, 2.75) is 0 Å². The Hall–Kier alpha value is -1.19. The zero-order valence-electron chi connectivity index (χ0n) is 9.02. The number of anilines is 1. The quantitative estimate of drug-likeness (QED) is 0.470. The lowest BCUT2D eigenvalue weighted by molar-refractivity contribution is 0.464. The van der Waals surface area contributed by atoms with E-state index in [0.29, 0.717) is 5.75 Å². The molecule has 0 aromatic heterocycles. The van der Waals surface area contributed by atoms with Gasteiger partial charge in [-0.2, -0.15) is 0 Å². The van der Waals surface area contributed by atoms with Crippen LogP contribution in [0.5, 0.6) is 5.75 Å². The Bertz CT molecular complexity index is 387. The predicted octanol–water partition coefficient (Wildman–Crippen LogP) is 3.44. The number of benzene rings is 1. The number of nitrogens with zero attached hydrogens (tertiary/aromatic N) is 2. The number of rotatable bonds is 4. The molecule has 0 saturated carbocycles. The zero-order chi connectivity index (χ0) is 12.0.